The average Bonchev–Trinajstić information content (AvgIpc) is 2.79. The van der Waals surface area contributed by atoms with E-state index in [1.165, 1.54) is 81.2 Å². The monoisotopic (exact) mass is 458 g/mol. The summed E-state index contributed by atoms with van der Waals surface area (Å²) in [5.74, 6) is 0.697. The fourth-order valence-corrected chi connectivity index (χ4v) is 5.09. The quantitative estimate of drug-likeness (QED) is 0.253. The number of ether oxygens (including phenoxy) is 1. The van der Waals surface area contributed by atoms with Gasteiger partial charge in [0.25, 0.3) is 0 Å². The third-order valence-corrected chi connectivity index (χ3v) is 6.91. The molecule has 0 bridgehead atoms. The van der Waals surface area contributed by atoms with Crippen molar-refractivity contribution in [1.82, 2.24) is 0 Å². The Morgan fingerprint density at radius 1 is 0.879 bits per heavy atom. The maximum absolute atomic E-state index is 15.3. The van der Waals surface area contributed by atoms with Gasteiger partial charge in [-0.3, -0.25) is 0 Å². The number of hydrogen-bond acceptors (Lipinski definition) is 1. The largest absolute Gasteiger partial charge is 0.573 e. The third kappa shape index (κ3) is 5.87. The molecule has 0 N–H and O–H groups in total. The van der Waals surface area contributed by atoms with E-state index in [0.717, 1.165) is 11.3 Å². The lowest BCUT2D eigenvalue weighted by Gasteiger charge is -2.29. The highest BCUT2D eigenvalue weighted by molar-refractivity contribution is 5.89. The SMILES string of the molecule is CCCCCC1CCC(c2ccc3c(F)c(-c4ccc(OC(F)(F)F)cc4)ccc3c2)CC1. The first kappa shape index (κ1) is 23.6. The molecule has 176 valence electrons. The van der Waals surface area contributed by atoms with Crippen LogP contribution in [0.4, 0.5) is 17.6 Å². The van der Waals surface area contributed by atoms with E-state index in [9.17, 15) is 13.2 Å². The zero-order valence-corrected chi connectivity index (χ0v) is 18.9. The Labute approximate surface area is 192 Å². The van der Waals surface area contributed by atoms with Crippen LogP contribution in [-0.4, -0.2) is 6.36 Å². The maximum Gasteiger partial charge on any atom is 0.573 e. The van der Waals surface area contributed by atoms with Crippen LogP contribution in [0.3, 0.4) is 0 Å². The molecule has 0 saturated heterocycles. The summed E-state index contributed by atoms with van der Waals surface area (Å²) in [4.78, 5) is 0. The summed E-state index contributed by atoms with van der Waals surface area (Å²) < 4.78 is 56.3. The van der Waals surface area contributed by atoms with Crippen LogP contribution in [0.15, 0.2) is 54.6 Å². The highest BCUT2D eigenvalue weighted by Gasteiger charge is 2.31. The summed E-state index contributed by atoms with van der Waals surface area (Å²) in [7, 11) is 0. The summed E-state index contributed by atoms with van der Waals surface area (Å²) in [5.41, 5.74) is 2.14. The fraction of sp³-hybridized carbons (Fsp3) is 0.429. The average molecular weight is 459 g/mol. The Kier molecular flexibility index (Phi) is 7.26. The van der Waals surface area contributed by atoms with Crippen LogP contribution >= 0.6 is 0 Å². The molecule has 1 fully saturated rings. The second-order valence-corrected chi connectivity index (χ2v) is 9.19. The minimum Gasteiger partial charge on any atom is -0.406 e. The lowest BCUT2D eigenvalue weighted by molar-refractivity contribution is -0.274. The Balaban J connectivity index is 1.48. The van der Waals surface area contributed by atoms with Gasteiger partial charge in [0.2, 0.25) is 0 Å². The molecular weight excluding hydrogens is 428 g/mol. The second kappa shape index (κ2) is 10.1. The molecule has 33 heavy (non-hydrogen) atoms. The molecule has 0 radical (unpaired) electrons. The van der Waals surface area contributed by atoms with Crippen LogP contribution in [0.25, 0.3) is 21.9 Å². The number of fused-ring (bicyclic) bond motifs is 1. The van der Waals surface area contributed by atoms with Gasteiger partial charge in [0.1, 0.15) is 11.6 Å². The van der Waals surface area contributed by atoms with Gasteiger partial charge in [0, 0.05) is 10.9 Å². The van der Waals surface area contributed by atoms with Gasteiger partial charge in [-0.15, -0.1) is 13.2 Å². The molecule has 1 aliphatic rings. The summed E-state index contributed by atoms with van der Waals surface area (Å²) in [6.45, 7) is 2.24. The topological polar surface area (TPSA) is 9.23 Å². The zero-order chi connectivity index (χ0) is 23.4. The minimum atomic E-state index is -4.75. The Morgan fingerprint density at radius 2 is 1.61 bits per heavy atom. The smallest absolute Gasteiger partial charge is 0.406 e. The van der Waals surface area contributed by atoms with Gasteiger partial charge >= 0.3 is 6.36 Å². The van der Waals surface area contributed by atoms with E-state index in [2.05, 4.69) is 17.7 Å². The molecule has 1 aliphatic carbocycles. The maximum atomic E-state index is 15.3. The highest BCUT2D eigenvalue weighted by atomic mass is 19.4. The summed E-state index contributed by atoms with van der Waals surface area (Å²) >= 11 is 0. The van der Waals surface area contributed by atoms with E-state index in [-0.39, 0.29) is 11.6 Å². The minimum absolute atomic E-state index is 0.322. The van der Waals surface area contributed by atoms with Crippen molar-refractivity contribution >= 4 is 10.8 Å². The number of hydrogen-bond donors (Lipinski definition) is 0. The summed E-state index contributed by atoms with van der Waals surface area (Å²) in [6, 6.07) is 14.9. The van der Waals surface area contributed by atoms with Crippen molar-refractivity contribution in [3.05, 3.63) is 66.0 Å². The molecule has 1 nitrogen and oxygen atoms in total. The van der Waals surface area contributed by atoms with Crippen molar-refractivity contribution < 1.29 is 22.3 Å². The molecule has 3 aromatic carbocycles. The van der Waals surface area contributed by atoms with Crippen molar-refractivity contribution in [2.45, 2.75) is 70.6 Å². The van der Waals surface area contributed by atoms with Gasteiger partial charge in [-0.25, -0.2) is 4.39 Å². The number of unbranched alkanes of at least 4 members (excludes halogenated alkanes) is 2. The lowest BCUT2D eigenvalue weighted by Crippen LogP contribution is -2.16. The second-order valence-electron chi connectivity index (χ2n) is 9.19. The van der Waals surface area contributed by atoms with Gasteiger partial charge in [-0.2, -0.15) is 0 Å². The van der Waals surface area contributed by atoms with Crippen LogP contribution in [0.1, 0.15) is 69.8 Å². The van der Waals surface area contributed by atoms with Gasteiger partial charge in [-0.05, 0) is 66.2 Å². The number of benzene rings is 3. The number of rotatable bonds is 7. The Bertz CT molecular complexity index is 1060. The highest BCUT2D eigenvalue weighted by Crippen LogP contribution is 2.39. The lowest BCUT2D eigenvalue weighted by atomic mass is 9.76. The van der Waals surface area contributed by atoms with Gasteiger partial charge < -0.3 is 4.74 Å². The van der Waals surface area contributed by atoms with Crippen molar-refractivity contribution in [2.75, 3.05) is 0 Å². The molecule has 0 heterocycles. The molecular formula is C28H30F4O. The van der Waals surface area contributed by atoms with Crippen LogP contribution < -0.4 is 4.74 Å². The zero-order valence-electron chi connectivity index (χ0n) is 18.9. The normalized spacial score (nSPS) is 19.1. The summed E-state index contributed by atoms with van der Waals surface area (Å²) in [5, 5.41) is 1.39. The molecule has 1 saturated carbocycles. The van der Waals surface area contributed by atoms with E-state index >= 15 is 4.39 Å². The molecule has 0 spiro atoms. The van der Waals surface area contributed by atoms with Gasteiger partial charge in [0.15, 0.2) is 0 Å². The molecule has 0 unspecified atom stereocenters. The van der Waals surface area contributed by atoms with E-state index in [1.807, 2.05) is 18.2 Å². The Morgan fingerprint density at radius 3 is 2.27 bits per heavy atom. The first-order valence-electron chi connectivity index (χ1n) is 11.9. The third-order valence-electron chi connectivity index (χ3n) is 6.91. The van der Waals surface area contributed by atoms with E-state index in [4.69, 9.17) is 0 Å². The van der Waals surface area contributed by atoms with Gasteiger partial charge in [0.05, 0.1) is 0 Å². The predicted molar refractivity (Wildman–Crippen MR) is 125 cm³/mol. The van der Waals surface area contributed by atoms with E-state index < -0.39 is 6.36 Å². The molecule has 0 aliphatic heterocycles. The summed E-state index contributed by atoms with van der Waals surface area (Å²) in [6.07, 6.45) is 5.44. The molecule has 5 heteroatoms. The van der Waals surface area contributed by atoms with Gasteiger partial charge in [-0.1, -0.05) is 75.1 Å². The number of alkyl halides is 3. The van der Waals surface area contributed by atoms with E-state index in [0.29, 0.717) is 22.4 Å². The van der Waals surface area contributed by atoms with Crippen LogP contribution in [-0.2, 0) is 0 Å². The first-order valence-corrected chi connectivity index (χ1v) is 11.9. The van der Waals surface area contributed by atoms with Crippen molar-refractivity contribution in [3.8, 4) is 16.9 Å². The van der Waals surface area contributed by atoms with Crippen molar-refractivity contribution in [3.63, 3.8) is 0 Å². The van der Waals surface area contributed by atoms with Crippen molar-refractivity contribution in [2.24, 2.45) is 5.92 Å². The van der Waals surface area contributed by atoms with Crippen LogP contribution in [0.5, 0.6) is 5.75 Å². The standard InChI is InChI=1S/C28H30F4O/c1-2-3-4-5-19-6-8-20(9-7-19)22-12-16-26-23(18-22)13-17-25(27(26)29)21-10-14-24(15-11-21)33-28(30,31)32/h10-20H,2-9H2,1H3. The molecule has 3 aromatic rings. The fourth-order valence-electron chi connectivity index (χ4n) is 5.09. The molecule has 4 rings (SSSR count). The number of halogens is 4. The first-order chi connectivity index (χ1) is 15.8. The molecule has 0 amide bonds. The van der Waals surface area contributed by atoms with E-state index in [1.54, 1.807) is 6.07 Å². The molecule has 0 atom stereocenters. The van der Waals surface area contributed by atoms with Crippen LogP contribution in [0, 0.1) is 11.7 Å². The Hall–Kier alpha value is -2.56. The van der Waals surface area contributed by atoms with Crippen LogP contribution in [0.2, 0.25) is 0 Å². The predicted octanol–water partition coefficient (Wildman–Crippen LogP) is 9.40. The molecule has 0 aromatic heterocycles. The van der Waals surface area contributed by atoms with Crippen molar-refractivity contribution in [1.29, 1.82) is 0 Å².